The van der Waals surface area contributed by atoms with Gasteiger partial charge >= 0.3 is 0 Å². The van der Waals surface area contributed by atoms with Gasteiger partial charge in [0.15, 0.2) is 0 Å². The minimum atomic E-state index is 0.907. The third kappa shape index (κ3) is 1.75. The van der Waals surface area contributed by atoms with E-state index in [1.807, 2.05) is 12.1 Å². The third-order valence-corrected chi connectivity index (χ3v) is 4.45. The summed E-state index contributed by atoms with van der Waals surface area (Å²) in [6.45, 7) is 1.90. The minimum absolute atomic E-state index is 0.907. The van der Waals surface area contributed by atoms with Gasteiger partial charge in [-0.15, -0.1) is 0 Å². The molecule has 0 spiro atoms. The maximum Gasteiger partial charge on any atom is 0.135 e. The first-order valence-corrected chi connectivity index (χ1v) is 7.27. The molecule has 1 aromatic heterocycles. The van der Waals surface area contributed by atoms with Crippen LogP contribution in [0.4, 0.5) is 11.5 Å². The number of aromatic nitrogens is 2. The molecular weight excluding hydrogens is 248 g/mol. The molecule has 102 valence electrons. The van der Waals surface area contributed by atoms with Gasteiger partial charge in [0.25, 0.3) is 0 Å². The molecule has 1 aliphatic carbocycles. The van der Waals surface area contributed by atoms with Crippen molar-refractivity contribution < 1.29 is 0 Å². The molecule has 1 aliphatic heterocycles. The van der Waals surface area contributed by atoms with Gasteiger partial charge in [0.2, 0.25) is 0 Å². The monoisotopic (exact) mass is 266 g/mol. The summed E-state index contributed by atoms with van der Waals surface area (Å²) in [6, 6.07) is 6.22. The number of hydrogen-bond donors (Lipinski definition) is 1. The SMILES string of the molecule is Nc1cccc2c1CCN(c1ncnc3c1CCC3)C2. The Labute approximate surface area is 118 Å². The quantitative estimate of drug-likeness (QED) is 0.803. The summed E-state index contributed by atoms with van der Waals surface area (Å²) in [5.41, 5.74) is 12.3. The van der Waals surface area contributed by atoms with Gasteiger partial charge in [0.05, 0.1) is 0 Å². The average Bonchev–Trinajstić information content (AvgIpc) is 2.95. The maximum atomic E-state index is 6.07. The highest BCUT2D eigenvalue weighted by molar-refractivity contribution is 5.57. The topological polar surface area (TPSA) is 55.0 Å². The molecule has 0 fully saturated rings. The van der Waals surface area contributed by atoms with Crippen LogP contribution < -0.4 is 10.6 Å². The van der Waals surface area contributed by atoms with Crippen LogP contribution in [0.15, 0.2) is 24.5 Å². The number of aryl methyl sites for hydroxylation is 1. The van der Waals surface area contributed by atoms with Gasteiger partial charge in [-0.1, -0.05) is 12.1 Å². The lowest BCUT2D eigenvalue weighted by Crippen LogP contribution is -2.32. The normalized spacial score (nSPS) is 16.9. The zero-order valence-electron chi connectivity index (χ0n) is 11.5. The second kappa shape index (κ2) is 4.47. The van der Waals surface area contributed by atoms with E-state index in [2.05, 4.69) is 20.9 Å². The summed E-state index contributed by atoms with van der Waals surface area (Å²) in [5.74, 6) is 1.14. The Bertz CT molecular complexity index is 666. The molecule has 2 aliphatic rings. The molecule has 2 heterocycles. The van der Waals surface area contributed by atoms with E-state index in [4.69, 9.17) is 5.73 Å². The number of fused-ring (bicyclic) bond motifs is 2. The molecule has 0 amide bonds. The summed E-state index contributed by atoms with van der Waals surface area (Å²) in [5, 5.41) is 0. The number of rotatable bonds is 1. The number of nitrogens with two attached hydrogens (primary N) is 1. The van der Waals surface area contributed by atoms with Gasteiger partial charge in [-0.3, -0.25) is 0 Å². The first-order valence-electron chi connectivity index (χ1n) is 7.27. The summed E-state index contributed by atoms with van der Waals surface area (Å²) in [7, 11) is 0. The lowest BCUT2D eigenvalue weighted by atomic mass is 9.97. The van der Waals surface area contributed by atoms with Gasteiger partial charge in [-0.2, -0.15) is 0 Å². The van der Waals surface area contributed by atoms with Crippen LogP contribution in [0.25, 0.3) is 0 Å². The predicted molar refractivity (Wildman–Crippen MR) is 79.7 cm³/mol. The zero-order valence-corrected chi connectivity index (χ0v) is 11.5. The molecule has 2 aromatic rings. The molecule has 0 atom stereocenters. The Kier molecular flexibility index (Phi) is 2.62. The highest BCUT2D eigenvalue weighted by Crippen LogP contribution is 2.32. The first-order chi connectivity index (χ1) is 9.83. The van der Waals surface area contributed by atoms with Crippen LogP contribution in [0.3, 0.4) is 0 Å². The van der Waals surface area contributed by atoms with E-state index in [1.165, 1.54) is 28.8 Å². The van der Waals surface area contributed by atoms with Crippen molar-refractivity contribution in [1.82, 2.24) is 9.97 Å². The second-order valence-electron chi connectivity index (χ2n) is 5.63. The fourth-order valence-electron chi connectivity index (χ4n) is 3.43. The van der Waals surface area contributed by atoms with Gasteiger partial charge < -0.3 is 10.6 Å². The fourth-order valence-corrected chi connectivity index (χ4v) is 3.43. The fraction of sp³-hybridized carbons (Fsp3) is 0.375. The average molecular weight is 266 g/mol. The molecular formula is C16H18N4. The van der Waals surface area contributed by atoms with Crippen LogP contribution in [-0.4, -0.2) is 16.5 Å². The largest absolute Gasteiger partial charge is 0.398 e. The molecule has 0 bridgehead atoms. The van der Waals surface area contributed by atoms with E-state index < -0.39 is 0 Å². The predicted octanol–water partition coefficient (Wildman–Crippen LogP) is 2.11. The van der Waals surface area contributed by atoms with Crippen LogP contribution >= 0.6 is 0 Å². The third-order valence-electron chi connectivity index (χ3n) is 4.45. The Balaban J connectivity index is 1.71. The molecule has 4 rings (SSSR count). The summed E-state index contributed by atoms with van der Waals surface area (Å²) in [6.07, 6.45) is 6.14. The van der Waals surface area contributed by atoms with Crippen LogP contribution in [0.1, 0.15) is 28.8 Å². The Morgan fingerprint density at radius 3 is 2.95 bits per heavy atom. The highest BCUT2D eigenvalue weighted by Gasteiger charge is 2.24. The molecule has 0 unspecified atom stereocenters. The van der Waals surface area contributed by atoms with E-state index in [1.54, 1.807) is 6.33 Å². The number of nitrogen functional groups attached to an aromatic ring is 1. The second-order valence-corrected chi connectivity index (χ2v) is 5.63. The van der Waals surface area contributed by atoms with E-state index in [9.17, 15) is 0 Å². The Morgan fingerprint density at radius 2 is 2.00 bits per heavy atom. The number of nitrogens with zero attached hydrogens (tertiary/aromatic N) is 3. The first kappa shape index (κ1) is 11.7. The Morgan fingerprint density at radius 1 is 1.05 bits per heavy atom. The summed E-state index contributed by atoms with van der Waals surface area (Å²) < 4.78 is 0. The maximum absolute atomic E-state index is 6.07. The minimum Gasteiger partial charge on any atom is -0.398 e. The molecule has 1 aromatic carbocycles. The van der Waals surface area contributed by atoms with Crippen molar-refractivity contribution in [2.45, 2.75) is 32.2 Å². The highest BCUT2D eigenvalue weighted by atomic mass is 15.2. The molecule has 2 N–H and O–H groups in total. The van der Waals surface area contributed by atoms with Crippen molar-refractivity contribution in [1.29, 1.82) is 0 Å². The number of benzene rings is 1. The van der Waals surface area contributed by atoms with E-state index in [-0.39, 0.29) is 0 Å². The van der Waals surface area contributed by atoms with Crippen LogP contribution in [0.5, 0.6) is 0 Å². The molecule has 0 radical (unpaired) electrons. The van der Waals surface area contributed by atoms with Gasteiger partial charge in [-0.05, 0) is 42.9 Å². The molecule has 4 nitrogen and oxygen atoms in total. The Hall–Kier alpha value is -2.10. The molecule has 20 heavy (non-hydrogen) atoms. The lowest BCUT2D eigenvalue weighted by Gasteiger charge is -2.31. The van der Waals surface area contributed by atoms with Crippen LogP contribution in [-0.2, 0) is 25.8 Å². The molecule has 4 heteroatoms. The summed E-state index contributed by atoms with van der Waals surface area (Å²) >= 11 is 0. The smallest absolute Gasteiger partial charge is 0.135 e. The molecule has 0 saturated heterocycles. The van der Waals surface area contributed by atoms with E-state index in [0.29, 0.717) is 0 Å². The number of hydrogen-bond acceptors (Lipinski definition) is 4. The van der Waals surface area contributed by atoms with Crippen molar-refractivity contribution >= 4 is 11.5 Å². The van der Waals surface area contributed by atoms with Crippen molar-refractivity contribution in [3.63, 3.8) is 0 Å². The van der Waals surface area contributed by atoms with Crippen molar-refractivity contribution in [3.8, 4) is 0 Å². The van der Waals surface area contributed by atoms with Gasteiger partial charge in [0, 0.05) is 30.0 Å². The van der Waals surface area contributed by atoms with Crippen LogP contribution in [0.2, 0.25) is 0 Å². The standard InChI is InChI=1S/C16H18N4/c17-14-5-1-3-11-9-20(8-7-12(11)14)16-13-4-2-6-15(13)18-10-19-16/h1,3,5,10H,2,4,6-9,17H2. The van der Waals surface area contributed by atoms with Crippen LogP contribution in [0, 0.1) is 0 Å². The van der Waals surface area contributed by atoms with Crippen molar-refractivity contribution in [3.05, 3.63) is 46.9 Å². The lowest BCUT2D eigenvalue weighted by molar-refractivity contribution is 0.715. The summed E-state index contributed by atoms with van der Waals surface area (Å²) in [4.78, 5) is 11.4. The number of anilines is 2. The van der Waals surface area contributed by atoms with Gasteiger partial charge in [-0.25, -0.2) is 9.97 Å². The van der Waals surface area contributed by atoms with Gasteiger partial charge in [0.1, 0.15) is 12.1 Å². The van der Waals surface area contributed by atoms with Crippen molar-refractivity contribution in [2.75, 3.05) is 17.2 Å². The van der Waals surface area contributed by atoms with E-state index >= 15 is 0 Å². The van der Waals surface area contributed by atoms with E-state index in [0.717, 1.165) is 43.9 Å². The molecule has 0 saturated carbocycles. The van der Waals surface area contributed by atoms with Crippen molar-refractivity contribution in [2.24, 2.45) is 0 Å². The zero-order chi connectivity index (χ0) is 13.5.